The fraction of sp³-hybridized carbons (Fsp3) is 0.500. The molecule has 0 spiro atoms. The molecule has 1 aliphatic heterocycles. The summed E-state index contributed by atoms with van der Waals surface area (Å²) in [5.41, 5.74) is 7.50. The van der Waals surface area contributed by atoms with Crippen molar-refractivity contribution >= 4 is 17.3 Å². The number of hydrogen-bond acceptors (Lipinski definition) is 3. The Balaban J connectivity index is 1.89. The fourth-order valence-corrected chi connectivity index (χ4v) is 3.45. The van der Waals surface area contributed by atoms with Crippen molar-refractivity contribution in [2.45, 2.75) is 19.3 Å². The lowest BCUT2D eigenvalue weighted by atomic mass is 10.0. The average Bonchev–Trinajstić information content (AvgIpc) is 2.89. The number of anilines is 2. The summed E-state index contributed by atoms with van der Waals surface area (Å²) in [5.74, 6) is 0.601. The maximum absolute atomic E-state index is 11.1. The van der Waals surface area contributed by atoms with Crippen LogP contribution in [0.4, 0.5) is 11.4 Å². The quantitative estimate of drug-likeness (QED) is 0.785. The minimum atomic E-state index is -0.950. The highest BCUT2D eigenvalue weighted by molar-refractivity contribution is 5.97. The van der Waals surface area contributed by atoms with E-state index in [1.165, 1.54) is 19.3 Å². The Hall–Kier alpha value is -1.71. The van der Waals surface area contributed by atoms with Gasteiger partial charge in [0.1, 0.15) is 0 Å². The van der Waals surface area contributed by atoms with E-state index in [0.717, 1.165) is 30.6 Å². The van der Waals surface area contributed by atoms with Gasteiger partial charge in [-0.1, -0.05) is 12.5 Å². The number of carbonyl (C=O) groups is 1. The van der Waals surface area contributed by atoms with Crippen LogP contribution in [-0.4, -0.2) is 24.2 Å². The lowest BCUT2D eigenvalue weighted by Gasteiger charge is -2.22. The van der Waals surface area contributed by atoms with Crippen LogP contribution in [0.2, 0.25) is 0 Å². The first-order valence-electron chi connectivity index (χ1n) is 6.53. The number of nitrogen functional groups attached to an aromatic ring is 1. The zero-order chi connectivity index (χ0) is 12.7. The molecule has 4 heteroatoms. The highest BCUT2D eigenvalue weighted by atomic mass is 16.4. The molecule has 96 valence electrons. The number of carboxylic acids is 1. The Kier molecular flexibility index (Phi) is 2.65. The number of aromatic carboxylic acids is 1. The van der Waals surface area contributed by atoms with Gasteiger partial charge in [-0.25, -0.2) is 4.79 Å². The van der Waals surface area contributed by atoms with E-state index >= 15 is 0 Å². The minimum Gasteiger partial charge on any atom is -0.478 e. The van der Waals surface area contributed by atoms with Gasteiger partial charge in [-0.3, -0.25) is 0 Å². The third-order valence-corrected chi connectivity index (χ3v) is 4.38. The van der Waals surface area contributed by atoms with Crippen molar-refractivity contribution in [3.05, 3.63) is 23.8 Å². The monoisotopic (exact) mass is 246 g/mol. The van der Waals surface area contributed by atoms with E-state index in [1.54, 1.807) is 12.1 Å². The Morgan fingerprint density at radius 3 is 2.56 bits per heavy atom. The fourth-order valence-electron chi connectivity index (χ4n) is 3.45. The molecule has 0 aromatic heterocycles. The van der Waals surface area contributed by atoms with E-state index < -0.39 is 5.97 Å². The lowest BCUT2D eigenvalue weighted by molar-refractivity contribution is 0.0698. The molecule has 2 atom stereocenters. The van der Waals surface area contributed by atoms with Gasteiger partial charge in [0.2, 0.25) is 0 Å². The highest BCUT2D eigenvalue weighted by Gasteiger charge is 2.36. The molecule has 1 aromatic rings. The van der Waals surface area contributed by atoms with Crippen LogP contribution in [0, 0.1) is 11.8 Å². The summed E-state index contributed by atoms with van der Waals surface area (Å²) in [6.07, 6.45) is 3.95. The van der Waals surface area contributed by atoms with Crippen molar-refractivity contribution in [3.8, 4) is 0 Å². The van der Waals surface area contributed by atoms with Crippen LogP contribution < -0.4 is 10.6 Å². The van der Waals surface area contributed by atoms with E-state index in [9.17, 15) is 4.79 Å². The molecule has 3 rings (SSSR count). The number of hydrogen-bond donors (Lipinski definition) is 2. The van der Waals surface area contributed by atoms with Crippen LogP contribution in [0.5, 0.6) is 0 Å². The van der Waals surface area contributed by atoms with Crippen molar-refractivity contribution < 1.29 is 9.90 Å². The van der Waals surface area contributed by atoms with Crippen molar-refractivity contribution in [1.82, 2.24) is 0 Å². The number of carboxylic acid groups (broad SMARTS) is 1. The number of para-hydroxylation sites is 1. The van der Waals surface area contributed by atoms with Gasteiger partial charge in [-0.05, 0) is 36.8 Å². The molecule has 1 aromatic carbocycles. The Bertz CT molecular complexity index is 475. The second-order valence-corrected chi connectivity index (χ2v) is 5.40. The summed E-state index contributed by atoms with van der Waals surface area (Å²) in [6, 6.07) is 5.28. The van der Waals surface area contributed by atoms with Crippen molar-refractivity contribution in [2.75, 3.05) is 23.7 Å². The molecule has 1 heterocycles. The second kappa shape index (κ2) is 4.19. The van der Waals surface area contributed by atoms with Gasteiger partial charge >= 0.3 is 5.97 Å². The Labute approximate surface area is 106 Å². The van der Waals surface area contributed by atoms with E-state index in [-0.39, 0.29) is 5.56 Å². The summed E-state index contributed by atoms with van der Waals surface area (Å²) in [5, 5.41) is 9.10. The first kappa shape index (κ1) is 11.4. The predicted molar refractivity (Wildman–Crippen MR) is 70.9 cm³/mol. The number of nitrogens with zero attached hydrogens (tertiary/aromatic N) is 1. The summed E-state index contributed by atoms with van der Waals surface area (Å²) in [7, 11) is 0. The van der Waals surface area contributed by atoms with E-state index in [2.05, 4.69) is 4.90 Å². The standard InChI is InChI=1S/C14H18N2O2/c15-13-11(14(17)18)5-2-6-12(13)16-7-9-3-1-4-10(9)8-16/h2,5-6,9-10H,1,3-4,7-8,15H2,(H,17,18). The molecule has 4 nitrogen and oxygen atoms in total. The molecule has 3 N–H and O–H groups in total. The van der Waals surface area contributed by atoms with Crippen molar-refractivity contribution in [2.24, 2.45) is 11.8 Å². The van der Waals surface area contributed by atoms with Crippen LogP contribution in [-0.2, 0) is 0 Å². The predicted octanol–water partition coefficient (Wildman–Crippen LogP) is 2.20. The third-order valence-electron chi connectivity index (χ3n) is 4.38. The molecule has 1 aliphatic carbocycles. The van der Waals surface area contributed by atoms with Crippen LogP contribution >= 0.6 is 0 Å². The van der Waals surface area contributed by atoms with Gasteiger partial charge in [-0.15, -0.1) is 0 Å². The summed E-state index contributed by atoms with van der Waals surface area (Å²) in [4.78, 5) is 13.3. The maximum atomic E-state index is 11.1. The second-order valence-electron chi connectivity index (χ2n) is 5.40. The van der Waals surface area contributed by atoms with E-state index in [0.29, 0.717) is 5.69 Å². The average molecular weight is 246 g/mol. The highest BCUT2D eigenvalue weighted by Crippen LogP contribution is 2.41. The normalized spacial score (nSPS) is 26.3. The Morgan fingerprint density at radius 2 is 1.94 bits per heavy atom. The molecular formula is C14H18N2O2. The molecule has 0 radical (unpaired) electrons. The van der Waals surface area contributed by atoms with Crippen LogP contribution in [0.25, 0.3) is 0 Å². The molecule has 0 amide bonds. The smallest absolute Gasteiger partial charge is 0.337 e. The largest absolute Gasteiger partial charge is 0.478 e. The van der Waals surface area contributed by atoms with Crippen LogP contribution in [0.1, 0.15) is 29.6 Å². The van der Waals surface area contributed by atoms with Crippen molar-refractivity contribution in [3.63, 3.8) is 0 Å². The SMILES string of the molecule is Nc1c(C(=O)O)cccc1N1CC2CCCC2C1. The third kappa shape index (κ3) is 1.72. The molecule has 2 unspecified atom stereocenters. The van der Waals surface area contributed by atoms with Gasteiger partial charge < -0.3 is 15.7 Å². The molecule has 18 heavy (non-hydrogen) atoms. The van der Waals surface area contributed by atoms with Crippen molar-refractivity contribution in [1.29, 1.82) is 0 Å². The molecule has 0 bridgehead atoms. The number of fused-ring (bicyclic) bond motifs is 1. The van der Waals surface area contributed by atoms with E-state index in [4.69, 9.17) is 10.8 Å². The van der Waals surface area contributed by atoms with Gasteiger partial charge in [-0.2, -0.15) is 0 Å². The zero-order valence-corrected chi connectivity index (χ0v) is 10.3. The zero-order valence-electron chi connectivity index (χ0n) is 10.3. The van der Waals surface area contributed by atoms with Crippen LogP contribution in [0.15, 0.2) is 18.2 Å². The van der Waals surface area contributed by atoms with Crippen LogP contribution in [0.3, 0.4) is 0 Å². The van der Waals surface area contributed by atoms with E-state index in [1.807, 2.05) is 6.07 Å². The molecule has 1 saturated carbocycles. The first-order valence-corrected chi connectivity index (χ1v) is 6.53. The lowest BCUT2D eigenvalue weighted by Crippen LogP contribution is -2.22. The molecule has 1 saturated heterocycles. The number of rotatable bonds is 2. The number of nitrogens with two attached hydrogens (primary N) is 1. The molecule has 2 fully saturated rings. The Morgan fingerprint density at radius 1 is 1.28 bits per heavy atom. The first-order chi connectivity index (χ1) is 8.66. The summed E-state index contributed by atoms with van der Waals surface area (Å²) >= 11 is 0. The van der Waals surface area contributed by atoms with Gasteiger partial charge in [0.05, 0.1) is 16.9 Å². The van der Waals surface area contributed by atoms with Gasteiger partial charge in [0.25, 0.3) is 0 Å². The van der Waals surface area contributed by atoms with Gasteiger partial charge in [0.15, 0.2) is 0 Å². The topological polar surface area (TPSA) is 66.6 Å². The summed E-state index contributed by atoms with van der Waals surface area (Å²) < 4.78 is 0. The minimum absolute atomic E-state index is 0.213. The maximum Gasteiger partial charge on any atom is 0.337 e. The summed E-state index contributed by atoms with van der Waals surface area (Å²) in [6.45, 7) is 2.05. The van der Waals surface area contributed by atoms with Gasteiger partial charge in [0, 0.05) is 13.1 Å². The molecule has 2 aliphatic rings. The number of benzene rings is 1. The molecular weight excluding hydrogens is 228 g/mol.